The number of hydrogen-bond acceptors (Lipinski definition) is 3. The molecule has 0 spiro atoms. The van der Waals surface area contributed by atoms with E-state index in [-0.39, 0.29) is 0 Å². The van der Waals surface area contributed by atoms with E-state index in [1.165, 1.54) is 25.0 Å². The zero-order valence-electron chi connectivity index (χ0n) is 11.6. The Morgan fingerprint density at radius 1 is 1.56 bits per heavy atom. The van der Waals surface area contributed by atoms with Crippen molar-refractivity contribution in [1.29, 1.82) is 0 Å². The summed E-state index contributed by atoms with van der Waals surface area (Å²) in [6.07, 6.45) is 7.85. The van der Waals surface area contributed by atoms with Gasteiger partial charge in [0.1, 0.15) is 0 Å². The quantitative estimate of drug-likeness (QED) is 0.844. The minimum absolute atomic E-state index is 0.417. The van der Waals surface area contributed by atoms with Gasteiger partial charge >= 0.3 is 0 Å². The van der Waals surface area contributed by atoms with Gasteiger partial charge in [-0.3, -0.25) is 4.90 Å². The Balaban J connectivity index is 1.71. The van der Waals surface area contributed by atoms with Gasteiger partial charge in [0.2, 0.25) is 0 Å². The number of imidazole rings is 1. The van der Waals surface area contributed by atoms with E-state index in [1.807, 2.05) is 6.20 Å². The molecule has 0 bridgehead atoms. The van der Waals surface area contributed by atoms with Crippen LogP contribution in [0.4, 0.5) is 0 Å². The molecule has 1 aliphatic rings. The zero-order chi connectivity index (χ0) is 12.8. The van der Waals surface area contributed by atoms with Crippen molar-refractivity contribution >= 4 is 0 Å². The lowest BCUT2D eigenvalue weighted by atomic mass is 10.0. The lowest BCUT2D eigenvalue weighted by Crippen LogP contribution is -2.41. The molecule has 1 aliphatic heterocycles. The highest BCUT2D eigenvalue weighted by Gasteiger charge is 2.20. The maximum absolute atomic E-state index is 5.84. The first kappa shape index (κ1) is 13.6. The smallest absolute Gasteiger partial charge is 0.0922 e. The van der Waals surface area contributed by atoms with E-state index in [9.17, 15) is 0 Å². The van der Waals surface area contributed by atoms with E-state index in [0.717, 1.165) is 32.2 Å². The first-order valence-electron chi connectivity index (χ1n) is 7.05. The van der Waals surface area contributed by atoms with Gasteiger partial charge in [-0.25, -0.2) is 4.98 Å². The lowest BCUT2D eigenvalue weighted by molar-refractivity contribution is -0.0363. The number of ether oxygens (including phenoxy) is 1. The van der Waals surface area contributed by atoms with E-state index in [0.29, 0.717) is 6.10 Å². The number of H-pyrrole nitrogens is 1. The Labute approximate surface area is 110 Å². The Kier molecular flexibility index (Phi) is 5.20. The first-order chi connectivity index (χ1) is 8.74. The maximum atomic E-state index is 5.84. The normalized spacial score (nSPS) is 21.6. The molecule has 1 aromatic rings. The predicted octanol–water partition coefficient (Wildman–Crippen LogP) is 2.44. The molecule has 0 aliphatic carbocycles. The Bertz CT molecular complexity index is 324. The summed E-state index contributed by atoms with van der Waals surface area (Å²) >= 11 is 0. The molecule has 1 N–H and O–H groups in total. The molecule has 0 unspecified atom stereocenters. The van der Waals surface area contributed by atoms with Gasteiger partial charge < -0.3 is 9.72 Å². The highest BCUT2D eigenvalue weighted by molar-refractivity contribution is 4.94. The van der Waals surface area contributed by atoms with Gasteiger partial charge in [0.05, 0.1) is 19.0 Å². The van der Waals surface area contributed by atoms with Crippen molar-refractivity contribution in [3.63, 3.8) is 0 Å². The van der Waals surface area contributed by atoms with E-state index >= 15 is 0 Å². The van der Waals surface area contributed by atoms with E-state index < -0.39 is 0 Å². The molecule has 1 saturated heterocycles. The molecule has 2 heterocycles. The van der Waals surface area contributed by atoms with Gasteiger partial charge in [-0.2, -0.15) is 0 Å². The molecule has 0 aromatic carbocycles. The minimum Gasteiger partial charge on any atom is -0.376 e. The second kappa shape index (κ2) is 6.90. The van der Waals surface area contributed by atoms with Gasteiger partial charge in [0, 0.05) is 31.5 Å². The molecule has 4 heteroatoms. The number of hydrogen-bond donors (Lipinski definition) is 1. The van der Waals surface area contributed by atoms with Crippen LogP contribution in [0.15, 0.2) is 12.5 Å². The number of morpholine rings is 1. The second-order valence-electron chi connectivity index (χ2n) is 5.63. The fourth-order valence-corrected chi connectivity index (χ4v) is 2.46. The van der Waals surface area contributed by atoms with Crippen LogP contribution in [0.1, 0.15) is 38.8 Å². The summed E-state index contributed by atoms with van der Waals surface area (Å²) in [5.41, 5.74) is 1.19. The van der Waals surface area contributed by atoms with Crippen molar-refractivity contribution in [1.82, 2.24) is 14.9 Å². The van der Waals surface area contributed by atoms with Crippen LogP contribution < -0.4 is 0 Å². The van der Waals surface area contributed by atoms with Crippen molar-refractivity contribution < 1.29 is 4.74 Å². The number of aromatic nitrogens is 2. The van der Waals surface area contributed by atoms with Gasteiger partial charge in [-0.15, -0.1) is 0 Å². The van der Waals surface area contributed by atoms with Crippen LogP contribution in [0.5, 0.6) is 0 Å². The average molecular weight is 251 g/mol. The molecular formula is C14H25N3O. The van der Waals surface area contributed by atoms with Crippen LogP contribution in [-0.2, 0) is 11.3 Å². The number of aromatic amines is 1. The van der Waals surface area contributed by atoms with Crippen molar-refractivity contribution in [2.24, 2.45) is 5.92 Å². The molecule has 1 atom stereocenters. The Hall–Kier alpha value is -0.870. The summed E-state index contributed by atoms with van der Waals surface area (Å²) in [4.78, 5) is 9.68. The molecule has 102 valence electrons. The van der Waals surface area contributed by atoms with Crippen LogP contribution in [-0.4, -0.2) is 40.7 Å². The van der Waals surface area contributed by atoms with Crippen LogP contribution in [0.25, 0.3) is 0 Å². The molecule has 0 amide bonds. The fraction of sp³-hybridized carbons (Fsp3) is 0.786. The largest absolute Gasteiger partial charge is 0.376 e. The number of nitrogens with one attached hydrogen (secondary N) is 1. The van der Waals surface area contributed by atoms with E-state index in [2.05, 4.69) is 28.7 Å². The van der Waals surface area contributed by atoms with Crippen molar-refractivity contribution in [2.45, 2.75) is 45.8 Å². The number of rotatable bonds is 6. The molecule has 0 radical (unpaired) electrons. The highest BCUT2D eigenvalue weighted by atomic mass is 16.5. The summed E-state index contributed by atoms with van der Waals surface area (Å²) in [7, 11) is 0. The zero-order valence-corrected chi connectivity index (χ0v) is 11.6. The predicted molar refractivity (Wildman–Crippen MR) is 72.3 cm³/mol. The van der Waals surface area contributed by atoms with Crippen molar-refractivity contribution in [2.75, 3.05) is 19.7 Å². The second-order valence-corrected chi connectivity index (χ2v) is 5.63. The molecule has 2 rings (SSSR count). The monoisotopic (exact) mass is 251 g/mol. The number of nitrogens with zero attached hydrogens (tertiary/aromatic N) is 2. The Morgan fingerprint density at radius 2 is 2.44 bits per heavy atom. The topological polar surface area (TPSA) is 41.2 Å². The molecule has 4 nitrogen and oxygen atoms in total. The lowest BCUT2D eigenvalue weighted by Gasteiger charge is -2.32. The third-order valence-corrected chi connectivity index (χ3v) is 3.48. The molecule has 1 fully saturated rings. The third-order valence-electron chi connectivity index (χ3n) is 3.48. The standard InChI is InChI=1S/C14H25N3O/c1-12(2)4-3-5-14-10-17(6-7-18-14)9-13-8-15-11-16-13/h8,11-12,14H,3-7,9-10H2,1-2H3,(H,15,16)/t14-/m1/s1. The van der Waals surface area contributed by atoms with Crippen molar-refractivity contribution in [3.8, 4) is 0 Å². The summed E-state index contributed by atoms with van der Waals surface area (Å²) in [5.74, 6) is 0.801. The maximum Gasteiger partial charge on any atom is 0.0922 e. The van der Waals surface area contributed by atoms with Gasteiger partial charge in [-0.1, -0.05) is 26.7 Å². The molecule has 0 saturated carbocycles. The van der Waals surface area contributed by atoms with Crippen LogP contribution >= 0.6 is 0 Å². The summed E-state index contributed by atoms with van der Waals surface area (Å²) in [6, 6.07) is 0. The molecule has 18 heavy (non-hydrogen) atoms. The van der Waals surface area contributed by atoms with Gasteiger partial charge in [0.25, 0.3) is 0 Å². The van der Waals surface area contributed by atoms with E-state index in [4.69, 9.17) is 4.74 Å². The minimum atomic E-state index is 0.417. The molecule has 1 aromatic heterocycles. The summed E-state index contributed by atoms with van der Waals surface area (Å²) in [6.45, 7) is 8.47. The van der Waals surface area contributed by atoms with Crippen LogP contribution in [0.2, 0.25) is 0 Å². The Morgan fingerprint density at radius 3 is 3.17 bits per heavy atom. The average Bonchev–Trinajstić information content (AvgIpc) is 2.82. The third kappa shape index (κ3) is 4.42. The summed E-state index contributed by atoms with van der Waals surface area (Å²) in [5, 5.41) is 0. The SMILES string of the molecule is CC(C)CCC[C@@H]1CN(Cc2cnc[nH]2)CCO1. The van der Waals surface area contributed by atoms with E-state index in [1.54, 1.807) is 6.33 Å². The fourth-order valence-electron chi connectivity index (χ4n) is 2.46. The molecular weight excluding hydrogens is 226 g/mol. The highest BCUT2D eigenvalue weighted by Crippen LogP contribution is 2.15. The van der Waals surface area contributed by atoms with Gasteiger partial charge in [0.15, 0.2) is 0 Å². The summed E-state index contributed by atoms with van der Waals surface area (Å²) < 4.78 is 5.84. The first-order valence-corrected chi connectivity index (χ1v) is 7.05. The van der Waals surface area contributed by atoms with Crippen LogP contribution in [0.3, 0.4) is 0 Å². The van der Waals surface area contributed by atoms with Crippen molar-refractivity contribution in [3.05, 3.63) is 18.2 Å². The van der Waals surface area contributed by atoms with Gasteiger partial charge in [-0.05, 0) is 12.3 Å². The van der Waals surface area contributed by atoms with Crippen LogP contribution in [0, 0.1) is 5.92 Å².